The predicted molar refractivity (Wildman–Crippen MR) is 142 cm³/mol. The fourth-order valence-corrected chi connectivity index (χ4v) is 4.86. The fraction of sp³-hybridized carbons (Fsp3) is 0.233. The Labute approximate surface area is 221 Å². The molecule has 38 heavy (non-hydrogen) atoms. The second-order valence-electron chi connectivity index (χ2n) is 9.34. The van der Waals surface area contributed by atoms with E-state index in [9.17, 15) is 14.7 Å². The van der Waals surface area contributed by atoms with E-state index in [1.807, 2.05) is 61.5 Å². The van der Waals surface area contributed by atoms with Crippen LogP contribution in [0.4, 0.5) is 9.59 Å². The first kappa shape index (κ1) is 25.2. The smallest absolute Gasteiger partial charge is 0.416 e. The van der Waals surface area contributed by atoms with Crippen LogP contribution in [0.1, 0.15) is 35.2 Å². The normalized spacial score (nSPS) is 13.0. The molecule has 1 N–H and O–H groups in total. The first-order valence-corrected chi connectivity index (χ1v) is 12.5. The van der Waals surface area contributed by atoms with Gasteiger partial charge in [0.1, 0.15) is 19.7 Å². The van der Waals surface area contributed by atoms with E-state index in [4.69, 9.17) is 9.47 Å². The Morgan fingerprint density at radius 3 is 2.24 bits per heavy atom. The maximum absolute atomic E-state index is 13.4. The van der Waals surface area contributed by atoms with Gasteiger partial charge in [-0.1, -0.05) is 78.9 Å². The molecule has 4 aromatic rings. The molecule has 1 aliphatic carbocycles. The minimum atomic E-state index is -1.11. The molecule has 1 aliphatic rings. The summed E-state index contributed by atoms with van der Waals surface area (Å²) in [5.41, 5.74) is 6.15. The lowest BCUT2D eigenvalue weighted by atomic mass is 9.98. The standard InChI is InChI=1S/C30H29N3O5/c1-21(15-23-16-32(19-31-23)29(34)35)33(20-37-17-22-9-3-2-4-10-22)30(36)38-18-28-26-13-7-5-11-24(26)25-12-6-8-14-27(25)28/h2-14,16,19,21,28H,15,17-18,20H2,1H3,(H,34,35)/t21-/m1/s1. The number of hydrogen-bond donors (Lipinski definition) is 1. The highest BCUT2D eigenvalue weighted by Crippen LogP contribution is 2.44. The van der Waals surface area contributed by atoms with Gasteiger partial charge in [-0.15, -0.1) is 0 Å². The highest BCUT2D eigenvalue weighted by molar-refractivity contribution is 5.79. The molecule has 0 bridgehead atoms. The first-order valence-electron chi connectivity index (χ1n) is 12.5. The van der Waals surface area contributed by atoms with Gasteiger partial charge < -0.3 is 14.6 Å². The van der Waals surface area contributed by atoms with E-state index in [1.54, 1.807) is 0 Å². The largest absolute Gasteiger partial charge is 0.464 e. The molecule has 1 atom stereocenters. The number of rotatable bonds is 9. The summed E-state index contributed by atoms with van der Waals surface area (Å²) in [6, 6.07) is 25.8. The topological polar surface area (TPSA) is 93.9 Å². The Kier molecular flexibility index (Phi) is 7.51. The van der Waals surface area contributed by atoms with E-state index in [0.29, 0.717) is 18.7 Å². The molecule has 1 amide bonds. The fourth-order valence-electron chi connectivity index (χ4n) is 4.86. The van der Waals surface area contributed by atoms with Crippen LogP contribution in [0, 0.1) is 0 Å². The molecule has 0 fully saturated rings. The monoisotopic (exact) mass is 511 g/mol. The number of amides is 1. The maximum Gasteiger partial charge on any atom is 0.416 e. The second kappa shape index (κ2) is 11.3. The number of fused-ring (bicyclic) bond motifs is 3. The SMILES string of the molecule is C[C@H](Cc1cn(C(=O)O)cn1)N(COCc1ccccc1)C(=O)OCC1c2ccccc2-c2ccccc21. The van der Waals surface area contributed by atoms with Gasteiger partial charge in [0.15, 0.2) is 0 Å². The number of carbonyl (C=O) groups excluding carboxylic acids is 1. The lowest BCUT2D eigenvalue weighted by molar-refractivity contribution is -0.00406. The van der Waals surface area contributed by atoms with Crippen LogP contribution in [0.25, 0.3) is 11.1 Å². The van der Waals surface area contributed by atoms with Crippen molar-refractivity contribution in [2.45, 2.75) is 31.9 Å². The molecule has 0 radical (unpaired) electrons. The van der Waals surface area contributed by atoms with Crippen molar-refractivity contribution in [3.8, 4) is 11.1 Å². The van der Waals surface area contributed by atoms with Crippen LogP contribution in [-0.2, 0) is 22.5 Å². The number of carbonyl (C=O) groups is 2. The van der Waals surface area contributed by atoms with Gasteiger partial charge in [0.2, 0.25) is 0 Å². The van der Waals surface area contributed by atoms with Crippen LogP contribution >= 0.6 is 0 Å². The van der Waals surface area contributed by atoms with Crippen molar-refractivity contribution in [2.75, 3.05) is 13.3 Å². The molecule has 3 aromatic carbocycles. The summed E-state index contributed by atoms with van der Waals surface area (Å²) in [6.45, 7) is 2.43. The molecular weight excluding hydrogens is 482 g/mol. The molecule has 0 unspecified atom stereocenters. The quantitative estimate of drug-likeness (QED) is 0.287. The van der Waals surface area contributed by atoms with Gasteiger partial charge in [0.05, 0.1) is 12.3 Å². The van der Waals surface area contributed by atoms with E-state index in [1.165, 1.54) is 17.4 Å². The van der Waals surface area contributed by atoms with Crippen LogP contribution in [0.2, 0.25) is 0 Å². The summed E-state index contributed by atoms with van der Waals surface area (Å²) in [7, 11) is 0. The highest BCUT2D eigenvalue weighted by Gasteiger charge is 2.30. The summed E-state index contributed by atoms with van der Waals surface area (Å²) < 4.78 is 12.8. The Balaban J connectivity index is 1.30. The van der Waals surface area contributed by atoms with Gasteiger partial charge in [-0.05, 0) is 34.7 Å². The number of carboxylic acid groups (broad SMARTS) is 1. The summed E-state index contributed by atoms with van der Waals surface area (Å²) in [4.78, 5) is 30.3. The third-order valence-corrected chi connectivity index (χ3v) is 6.81. The number of benzene rings is 3. The summed E-state index contributed by atoms with van der Waals surface area (Å²) in [6.07, 6.45) is 1.42. The Bertz CT molecular complexity index is 1370. The number of hydrogen-bond acceptors (Lipinski definition) is 5. The molecule has 0 saturated carbocycles. The molecular formula is C30H29N3O5. The van der Waals surface area contributed by atoms with Crippen molar-refractivity contribution in [3.63, 3.8) is 0 Å². The Morgan fingerprint density at radius 2 is 1.61 bits per heavy atom. The summed E-state index contributed by atoms with van der Waals surface area (Å²) in [5, 5.41) is 9.19. The van der Waals surface area contributed by atoms with E-state index >= 15 is 0 Å². The average molecular weight is 512 g/mol. The zero-order valence-corrected chi connectivity index (χ0v) is 21.1. The van der Waals surface area contributed by atoms with Crippen LogP contribution in [0.3, 0.4) is 0 Å². The van der Waals surface area contributed by atoms with E-state index in [0.717, 1.165) is 32.4 Å². The zero-order valence-electron chi connectivity index (χ0n) is 21.1. The molecule has 8 heteroatoms. The molecule has 1 heterocycles. The van der Waals surface area contributed by atoms with Crippen LogP contribution in [0.5, 0.6) is 0 Å². The number of aromatic nitrogens is 2. The van der Waals surface area contributed by atoms with E-state index in [2.05, 4.69) is 29.2 Å². The summed E-state index contributed by atoms with van der Waals surface area (Å²) >= 11 is 0. The van der Waals surface area contributed by atoms with Gasteiger partial charge in [0, 0.05) is 24.6 Å². The molecule has 0 spiro atoms. The molecule has 0 aliphatic heterocycles. The van der Waals surface area contributed by atoms with Crippen molar-refractivity contribution >= 4 is 12.2 Å². The molecule has 194 valence electrons. The summed E-state index contributed by atoms with van der Waals surface area (Å²) in [5.74, 6) is -0.0555. The highest BCUT2D eigenvalue weighted by atomic mass is 16.6. The number of ether oxygens (including phenoxy) is 2. The first-order chi connectivity index (χ1) is 18.5. The van der Waals surface area contributed by atoms with Crippen molar-refractivity contribution < 1.29 is 24.2 Å². The van der Waals surface area contributed by atoms with E-state index < -0.39 is 12.2 Å². The average Bonchev–Trinajstić information content (AvgIpc) is 3.53. The number of nitrogens with zero attached hydrogens (tertiary/aromatic N) is 3. The third kappa shape index (κ3) is 5.45. The van der Waals surface area contributed by atoms with Crippen LogP contribution in [-0.4, -0.2) is 51.1 Å². The zero-order chi connectivity index (χ0) is 26.5. The molecule has 8 nitrogen and oxygen atoms in total. The molecule has 5 rings (SSSR count). The van der Waals surface area contributed by atoms with Crippen LogP contribution < -0.4 is 0 Å². The lowest BCUT2D eigenvalue weighted by Crippen LogP contribution is -2.42. The van der Waals surface area contributed by atoms with Crippen molar-refractivity contribution in [1.29, 1.82) is 0 Å². The van der Waals surface area contributed by atoms with Crippen molar-refractivity contribution in [2.24, 2.45) is 0 Å². The molecule has 0 saturated heterocycles. The predicted octanol–water partition coefficient (Wildman–Crippen LogP) is 5.77. The van der Waals surface area contributed by atoms with Gasteiger partial charge in [-0.2, -0.15) is 0 Å². The maximum atomic E-state index is 13.4. The van der Waals surface area contributed by atoms with Gasteiger partial charge >= 0.3 is 12.2 Å². The third-order valence-electron chi connectivity index (χ3n) is 6.81. The van der Waals surface area contributed by atoms with Gasteiger partial charge in [-0.25, -0.2) is 19.1 Å². The number of imidazole rings is 1. The van der Waals surface area contributed by atoms with Gasteiger partial charge in [0.25, 0.3) is 0 Å². The minimum absolute atomic E-state index is 0.0202. The molecule has 1 aromatic heterocycles. The lowest BCUT2D eigenvalue weighted by Gasteiger charge is -2.28. The van der Waals surface area contributed by atoms with Crippen molar-refractivity contribution in [3.05, 3.63) is 114 Å². The van der Waals surface area contributed by atoms with E-state index in [-0.39, 0.29) is 25.3 Å². The Morgan fingerprint density at radius 1 is 0.974 bits per heavy atom. The second-order valence-corrected chi connectivity index (χ2v) is 9.34. The minimum Gasteiger partial charge on any atom is -0.464 e. The van der Waals surface area contributed by atoms with Crippen molar-refractivity contribution in [1.82, 2.24) is 14.5 Å². The van der Waals surface area contributed by atoms with Gasteiger partial charge in [-0.3, -0.25) is 4.90 Å². The Hall–Kier alpha value is -4.43. The van der Waals surface area contributed by atoms with Crippen LogP contribution in [0.15, 0.2) is 91.4 Å².